The van der Waals surface area contributed by atoms with Crippen LogP contribution in [0.15, 0.2) is 23.2 Å². The molecule has 0 saturated heterocycles. The molecule has 4 nitrogen and oxygen atoms in total. The number of nitrogens with one attached hydrogen (secondary N) is 2. The maximum atomic E-state index is 5.86. The molecule has 1 aliphatic rings. The Morgan fingerprint density at radius 2 is 1.95 bits per heavy atom. The highest BCUT2D eigenvalue weighted by molar-refractivity contribution is 14.0. The van der Waals surface area contributed by atoms with E-state index >= 15 is 0 Å². The second kappa shape index (κ2) is 8.46. The molecule has 0 aliphatic heterocycles. The van der Waals surface area contributed by atoms with Crippen molar-refractivity contribution in [2.24, 2.45) is 10.9 Å². The summed E-state index contributed by atoms with van der Waals surface area (Å²) in [7, 11) is 1.80. The molecular weight excluding hydrogens is 377 g/mol. The van der Waals surface area contributed by atoms with Gasteiger partial charge >= 0.3 is 0 Å². The van der Waals surface area contributed by atoms with Crippen LogP contribution in [0, 0.1) is 19.8 Å². The van der Waals surface area contributed by atoms with Gasteiger partial charge in [0.15, 0.2) is 5.96 Å². The van der Waals surface area contributed by atoms with Gasteiger partial charge in [0.2, 0.25) is 0 Å². The zero-order valence-corrected chi connectivity index (χ0v) is 15.6. The molecule has 118 valence electrons. The lowest BCUT2D eigenvalue weighted by Gasteiger charge is -2.14. The molecule has 2 N–H and O–H groups in total. The highest BCUT2D eigenvalue weighted by atomic mass is 127. The number of guanidine groups is 1. The van der Waals surface area contributed by atoms with Gasteiger partial charge in [-0.15, -0.1) is 24.0 Å². The summed E-state index contributed by atoms with van der Waals surface area (Å²) in [6, 6.07) is 6.79. The molecule has 2 rings (SSSR count). The maximum Gasteiger partial charge on any atom is 0.191 e. The van der Waals surface area contributed by atoms with Crippen molar-refractivity contribution in [2.45, 2.75) is 33.2 Å². The smallest absolute Gasteiger partial charge is 0.191 e. The maximum absolute atomic E-state index is 5.86. The van der Waals surface area contributed by atoms with Crippen LogP contribution < -0.4 is 15.4 Å². The first kappa shape index (κ1) is 18.1. The Morgan fingerprint density at radius 3 is 2.48 bits per heavy atom. The van der Waals surface area contributed by atoms with E-state index in [1.807, 2.05) is 0 Å². The molecule has 2 atom stereocenters. The van der Waals surface area contributed by atoms with Gasteiger partial charge in [0, 0.05) is 13.1 Å². The van der Waals surface area contributed by atoms with Crippen molar-refractivity contribution in [3.05, 3.63) is 29.3 Å². The second-order valence-electron chi connectivity index (χ2n) is 5.53. The third-order valence-corrected chi connectivity index (χ3v) is 3.70. The van der Waals surface area contributed by atoms with Crippen LogP contribution in [-0.4, -0.2) is 32.2 Å². The van der Waals surface area contributed by atoms with Crippen LogP contribution in [0.25, 0.3) is 0 Å². The van der Waals surface area contributed by atoms with Crippen molar-refractivity contribution in [2.75, 3.05) is 20.2 Å². The minimum absolute atomic E-state index is 0. The van der Waals surface area contributed by atoms with E-state index in [1.54, 1.807) is 7.05 Å². The quantitative estimate of drug-likeness (QED) is 0.344. The molecular formula is C16H26IN3O. The zero-order valence-electron chi connectivity index (χ0n) is 13.3. The first-order valence-corrected chi connectivity index (χ1v) is 7.28. The van der Waals surface area contributed by atoms with Crippen molar-refractivity contribution in [3.63, 3.8) is 0 Å². The Hall–Kier alpha value is -0.980. The first-order valence-electron chi connectivity index (χ1n) is 7.28. The Labute approximate surface area is 144 Å². The SMILES string of the molecule is CN=C(NCCOc1c(C)cccc1C)NC1CC1C.I. The van der Waals surface area contributed by atoms with Crippen molar-refractivity contribution in [3.8, 4) is 5.75 Å². The average Bonchev–Trinajstić information content (AvgIpc) is 3.11. The van der Waals surface area contributed by atoms with E-state index in [0.29, 0.717) is 12.6 Å². The summed E-state index contributed by atoms with van der Waals surface area (Å²) in [5, 5.41) is 6.68. The van der Waals surface area contributed by atoms with Crippen LogP contribution in [0.5, 0.6) is 5.75 Å². The molecule has 1 saturated carbocycles. The lowest BCUT2D eigenvalue weighted by molar-refractivity contribution is 0.317. The van der Waals surface area contributed by atoms with Crippen LogP contribution in [0.4, 0.5) is 0 Å². The number of halogens is 1. The fourth-order valence-corrected chi connectivity index (χ4v) is 2.24. The van der Waals surface area contributed by atoms with Crippen LogP contribution in [0.1, 0.15) is 24.5 Å². The topological polar surface area (TPSA) is 45.7 Å². The molecule has 0 amide bonds. The summed E-state index contributed by atoms with van der Waals surface area (Å²) in [6.07, 6.45) is 1.24. The number of ether oxygens (including phenoxy) is 1. The molecule has 1 aromatic carbocycles. The largest absolute Gasteiger partial charge is 0.491 e. The minimum Gasteiger partial charge on any atom is -0.491 e. The van der Waals surface area contributed by atoms with E-state index < -0.39 is 0 Å². The molecule has 0 bridgehead atoms. The fourth-order valence-electron chi connectivity index (χ4n) is 2.24. The lowest BCUT2D eigenvalue weighted by Crippen LogP contribution is -2.40. The van der Waals surface area contributed by atoms with Crippen LogP contribution >= 0.6 is 24.0 Å². The molecule has 0 heterocycles. The van der Waals surface area contributed by atoms with Crippen molar-refractivity contribution < 1.29 is 4.74 Å². The number of hydrogen-bond acceptors (Lipinski definition) is 2. The molecule has 0 spiro atoms. The van der Waals surface area contributed by atoms with Gasteiger partial charge in [-0.3, -0.25) is 4.99 Å². The van der Waals surface area contributed by atoms with E-state index in [-0.39, 0.29) is 24.0 Å². The van der Waals surface area contributed by atoms with E-state index in [2.05, 4.69) is 54.6 Å². The molecule has 0 radical (unpaired) electrons. The summed E-state index contributed by atoms with van der Waals surface area (Å²) in [4.78, 5) is 4.22. The van der Waals surface area contributed by atoms with E-state index in [4.69, 9.17) is 4.74 Å². The molecule has 1 aromatic rings. The van der Waals surface area contributed by atoms with Gasteiger partial charge in [-0.25, -0.2) is 0 Å². The van der Waals surface area contributed by atoms with Gasteiger partial charge in [-0.1, -0.05) is 25.1 Å². The number of hydrogen-bond donors (Lipinski definition) is 2. The number of aliphatic imine (C=N–C) groups is 1. The molecule has 0 aromatic heterocycles. The average molecular weight is 403 g/mol. The van der Waals surface area contributed by atoms with Gasteiger partial charge in [0.25, 0.3) is 0 Å². The third-order valence-electron chi connectivity index (χ3n) is 3.70. The fraction of sp³-hybridized carbons (Fsp3) is 0.562. The normalized spacial score (nSPS) is 20.5. The van der Waals surface area contributed by atoms with E-state index in [0.717, 1.165) is 24.2 Å². The molecule has 1 fully saturated rings. The van der Waals surface area contributed by atoms with Gasteiger partial charge in [-0.05, 0) is 37.3 Å². The Morgan fingerprint density at radius 1 is 1.33 bits per heavy atom. The van der Waals surface area contributed by atoms with Crippen LogP contribution in [0.2, 0.25) is 0 Å². The number of benzene rings is 1. The standard InChI is InChI=1S/C16H25N3O.HI/c1-11-6-5-7-12(2)15(11)20-9-8-18-16(17-4)19-14-10-13(14)3;/h5-7,13-14H,8-10H2,1-4H3,(H2,17,18,19);1H. The Bertz CT molecular complexity index is 470. The first-order chi connectivity index (χ1) is 9.61. The summed E-state index contributed by atoms with van der Waals surface area (Å²) < 4.78 is 5.86. The molecule has 5 heteroatoms. The predicted molar refractivity (Wildman–Crippen MR) is 98.9 cm³/mol. The van der Waals surface area contributed by atoms with Gasteiger partial charge in [0.1, 0.15) is 12.4 Å². The van der Waals surface area contributed by atoms with Crippen molar-refractivity contribution >= 4 is 29.9 Å². The van der Waals surface area contributed by atoms with Crippen molar-refractivity contribution in [1.82, 2.24) is 10.6 Å². The highest BCUT2D eigenvalue weighted by Crippen LogP contribution is 2.28. The third kappa shape index (κ3) is 5.37. The van der Waals surface area contributed by atoms with Crippen LogP contribution in [-0.2, 0) is 0 Å². The summed E-state index contributed by atoms with van der Waals surface area (Å²) >= 11 is 0. The van der Waals surface area contributed by atoms with Crippen molar-refractivity contribution in [1.29, 1.82) is 0 Å². The summed E-state index contributed by atoms with van der Waals surface area (Å²) in [6.45, 7) is 7.77. The van der Waals surface area contributed by atoms with E-state index in [9.17, 15) is 0 Å². The summed E-state index contributed by atoms with van der Waals surface area (Å²) in [5.41, 5.74) is 2.36. The highest BCUT2D eigenvalue weighted by Gasteiger charge is 2.33. The molecule has 21 heavy (non-hydrogen) atoms. The lowest BCUT2D eigenvalue weighted by atomic mass is 10.1. The Kier molecular flexibility index (Phi) is 7.28. The number of aryl methyl sites for hydroxylation is 2. The van der Waals surface area contributed by atoms with E-state index in [1.165, 1.54) is 17.5 Å². The van der Waals surface area contributed by atoms with Gasteiger partial charge in [0.05, 0.1) is 6.54 Å². The zero-order chi connectivity index (χ0) is 14.5. The van der Waals surface area contributed by atoms with Gasteiger partial charge < -0.3 is 15.4 Å². The second-order valence-corrected chi connectivity index (χ2v) is 5.53. The Balaban J connectivity index is 0.00000220. The number of para-hydroxylation sites is 1. The number of nitrogens with zero attached hydrogens (tertiary/aromatic N) is 1. The molecule has 1 aliphatic carbocycles. The van der Waals surface area contributed by atoms with Crippen LogP contribution in [0.3, 0.4) is 0 Å². The predicted octanol–water partition coefficient (Wildman–Crippen LogP) is 2.87. The number of rotatable bonds is 5. The monoisotopic (exact) mass is 403 g/mol. The summed E-state index contributed by atoms with van der Waals surface area (Å²) in [5.74, 6) is 2.62. The molecule has 2 unspecified atom stereocenters. The minimum atomic E-state index is 0. The van der Waals surface area contributed by atoms with Gasteiger partial charge in [-0.2, -0.15) is 0 Å².